The summed E-state index contributed by atoms with van der Waals surface area (Å²) in [6.45, 7) is 4.74. The van der Waals surface area contributed by atoms with E-state index in [1.54, 1.807) is 0 Å². The van der Waals surface area contributed by atoms with Crippen molar-refractivity contribution in [1.29, 1.82) is 0 Å². The van der Waals surface area contributed by atoms with Crippen LogP contribution < -0.4 is 0 Å². The third-order valence-electron chi connectivity index (χ3n) is 1.39. The van der Waals surface area contributed by atoms with E-state index < -0.39 is 8.80 Å². The summed E-state index contributed by atoms with van der Waals surface area (Å²) < 4.78 is 10.4. The van der Waals surface area contributed by atoms with E-state index in [0.29, 0.717) is 19.3 Å². The molecule has 0 aromatic heterocycles. The molecule has 0 aromatic carbocycles. The van der Waals surface area contributed by atoms with Crippen molar-refractivity contribution < 1.29 is 13.6 Å². The van der Waals surface area contributed by atoms with E-state index in [-0.39, 0.29) is 0 Å². The first-order chi connectivity index (χ1) is 5.68. The predicted octanol–water partition coefficient (Wildman–Crippen LogP) is 1.31. The van der Waals surface area contributed by atoms with Crippen LogP contribution in [0.25, 0.3) is 0 Å². The van der Waals surface area contributed by atoms with Gasteiger partial charge in [0.15, 0.2) is 0 Å². The maximum absolute atomic E-state index is 9.80. The molecule has 0 rings (SSSR count). The molecule has 0 saturated carbocycles. The van der Waals surface area contributed by atoms with E-state index in [1.807, 2.05) is 13.8 Å². The standard InChI is InChI=1S/C7H18O3SSi/c1-3-9-12(8,10-4-2)7-5-6-11/h8,11H,3-7H2,1-2H3. The van der Waals surface area contributed by atoms with Crippen LogP contribution >= 0.6 is 12.6 Å². The minimum atomic E-state index is -2.82. The molecule has 0 spiro atoms. The zero-order valence-corrected chi connectivity index (χ0v) is 9.64. The predicted molar refractivity (Wildman–Crippen MR) is 54.5 cm³/mol. The molecule has 0 aromatic rings. The van der Waals surface area contributed by atoms with Gasteiger partial charge in [0.2, 0.25) is 0 Å². The van der Waals surface area contributed by atoms with Crippen LogP contribution in [0.2, 0.25) is 6.04 Å². The first kappa shape index (κ1) is 12.4. The fraction of sp³-hybridized carbons (Fsp3) is 1.00. The number of rotatable bonds is 7. The molecule has 0 atom stereocenters. The number of hydrogen-bond acceptors (Lipinski definition) is 4. The summed E-state index contributed by atoms with van der Waals surface area (Å²) in [4.78, 5) is 9.80. The summed E-state index contributed by atoms with van der Waals surface area (Å²) in [5, 5.41) is 0. The van der Waals surface area contributed by atoms with Crippen LogP contribution in [-0.2, 0) is 8.85 Å². The average Bonchev–Trinajstić information content (AvgIpc) is 2.02. The molecule has 12 heavy (non-hydrogen) atoms. The Bertz CT molecular complexity index is 107. The molecule has 0 saturated heterocycles. The minimum Gasteiger partial charge on any atom is -0.390 e. The lowest BCUT2D eigenvalue weighted by Gasteiger charge is -2.22. The lowest BCUT2D eigenvalue weighted by molar-refractivity contribution is 0.108. The van der Waals surface area contributed by atoms with Crippen molar-refractivity contribution in [1.82, 2.24) is 0 Å². The van der Waals surface area contributed by atoms with Crippen LogP contribution in [0.1, 0.15) is 20.3 Å². The van der Waals surface area contributed by atoms with E-state index in [9.17, 15) is 4.80 Å². The van der Waals surface area contributed by atoms with Crippen LogP contribution in [0.4, 0.5) is 0 Å². The molecule has 0 unspecified atom stereocenters. The van der Waals surface area contributed by atoms with Crippen molar-refractivity contribution in [3.05, 3.63) is 0 Å². The molecular formula is C7H18O3SSi. The van der Waals surface area contributed by atoms with Crippen LogP contribution in [0, 0.1) is 0 Å². The van der Waals surface area contributed by atoms with Crippen LogP contribution in [0.3, 0.4) is 0 Å². The highest BCUT2D eigenvalue weighted by Crippen LogP contribution is 2.12. The Hall–Kier alpha value is 0.447. The second-order valence-electron chi connectivity index (χ2n) is 2.41. The molecular weight excluding hydrogens is 192 g/mol. The summed E-state index contributed by atoms with van der Waals surface area (Å²) in [7, 11) is -2.82. The monoisotopic (exact) mass is 210 g/mol. The summed E-state index contributed by atoms with van der Waals surface area (Å²) in [5.74, 6) is 0.759. The molecule has 0 radical (unpaired) electrons. The normalized spacial score (nSPS) is 12.0. The van der Waals surface area contributed by atoms with Gasteiger partial charge in [-0.25, -0.2) is 0 Å². The van der Waals surface area contributed by atoms with Gasteiger partial charge in [-0.3, -0.25) is 0 Å². The molecule has 1 N–H and O–H groups in total. The SMILES string of the molecule is CCO[Si](O)(CCCS)OCC. The fourth-order valence-electron chi connectivity index (χ4n) is 0.940. The van der Waals surface area contributed by atoms with Gasteiger partial charge in [0.05, 0.1) is 0 Å². The first-order valence-electron chi connectivity index (χ1n) is 4.29. The molecule has 0 aliphatic rings. The molecule has 3 nitrogen and oxygen atoms in total. The summed E-state index contributed by atoms with van der Waals surface area (Å²) in [6, 6.07) is 0.609. The van der Waals surface area contributed by atoms with Gasteiger partial charge < -0.3 is 13.6 Å². The molecule has 0 fully saturated rings. The molecule has 0 aliphatic heterocycles. The van der Waals surface area contributed by atoms with Gasteiger partial charge in [0, 0.05) is 19.3 Å². The number of thiol groups is 1. The van der Waals surface area contributed by atoms with Gasteiger partial charge in [-0.15, -0.1) is 0 Å². The Morgan fingerprint density at radius 3 is 2.08 bits per heavy atom. The molecule has 74 valence electrons. The van der Waals surface area contributed by atoms with Gasteiger partial charge in [-0.05, 0) is 26.0 Å². The molecule has 0 heterocycles. The zero-order valence-electron chi connectivity index (χ0n) is 7.75. The quantitative estimate of drug-likeness (QED) is 0.491. The lowest BCUT2D eigenvalue weighted by Crippen LogP contribution is -2.42. The van der Waals surface area contributed by atoms with E-state index in [0.717, 1.165) is 12.2 Å². The minimum absolute atomic E-state index is 0.509. The van der Waals surface area contributed by atoms with Gasteiger partial charge in [-0.1, -0.05) is 0 Å². The largest absolute Gasteiger partial charge is 0.498 e. The van der Waals surface area contributed by atoms with Crippen molar-refractivity contribution in [3.63, 3.8) is 0 Å². The molecule has 0 amide bonds. The highest BCUT2D eigenvalue weighted by molar-refractivity contribution is 7.80. The Morgan fingerprint density at radius 2 is 1.75 bits per heavy atom. The van der Waals surface area contributed by atoms with Crippen molar-refractivity contribution in [3.8, 4) is 0 Å². The van der Waals surface area contributed by atoms with Gasteiger partial charge in [0.1, 0.15) is 0 Å². The summed E-state index contributed by atoms with van der Waals surface area (Å²) >= 11 is 4.07. The third kappa shape index (κ3) is 5.16. The molecule has 0 aliphatic carbocycles. The van der Waals surface area contributed by atoms with Crippen molar-refractivity contribution in [2.24, 2.45) is 0 Å². The Balaban J connectivity index is 3.80. The Morgan fingerprint density at radius 1 is 1.25 bits per heavy atom. The zero-order chi connectivity index (χ0) is 9.45. The fourth-order valence-corrected chi connectivity index (χ4v) is 3.29. The molecule has 5 heteroatoms. The highest BCUT2D eigenvalue weighted by atomic mass is 32.1. The van der Waals surface area contributed by atoms with Crippen molar-refractivity contribution >= 4 is 21.4 Å². The Kier molecular flexibility index (Phi) is 7.17. The van der Waals surface area contributed by atoms with Crippen LogP contribution in [0.15, 0.2) is 0 Å². The van der Waals surface area contributed by atoms with Gasteiger partial charge in [-0.2, -0.15) is 12.6 Å². The Labute approximate surface area is 80.9 Å². The van der Waals surface area contributed by atoms with Gasteiger partial charge >= 0.3 is 8.80 Å². The van der Waals surface area contributed by atoms with Crippen molar-refractivity contribution in [2.75, 3.05) is 19.0 Å². The van der Waals surface area contributed by atoms with E-state index >= 15 is 0 Å². The van der Waals surface area contributed by atoms with Crippen LogP contribution in [0.5, 0.6) is 0 Å². The topological polar surface area (TPSA) is 38.7 Å². The average molecular weight is 210 g/mol. The lowest BCUT2D eigenvalue weighted by atomic mass is 10.6. The summed E-state index contributed by atoms with van der Waals surface area (Å²) in [6.07, 6.45) is 0.839. The van der Waals surface area contributed by atoms with Gasteiger partial charge in [0.25, 0.3) is 0 Å². The maximum atomic E-state index is 9.80. The van der Waals surface area contributed by atoms with E-state index in [4.69, 9.17) is 8.85 Å². The van der Waals surface area contributed by atoms with E-state index in [1.165, 1.54) is 0 Å². The third-order valence-corrected chi connectivity index (χ3v) is 4.17. The van der Waals surface area contributed by atoms with Crippen LogP contribution in [-0.4, -0.2) is 32.6 Å². The highest BCUT2D eigenvalue weighted by Gasteiger charge is 2.34. The second kappa shape index (κ2) is 6.91. The summed E-state index contributed by atoms with van der Waals surface area (Å²) in [5.41, 5.74) is 0. The first-order valence-corrected chi connectivity index (χ1v) is 6.90. The van der Waals surface area contributed by atoms with Crippen molar-refractivity contribution in [2.45, 2.75) is 26.3 Å². The smallest absolute Gasteiger partial charge is 0.390 e. The second-order valence-corrected chi connectivity index (χ2v) is 5.36. The molecule has 0 bridgehead atoms. The van der Waals surface area contributed by atoms with E-state index in [2.05, 4.69) is 12.6 Å². The maximum Gasteiger partial charge on any atom is 0.498 e. The number of hydrogen-bond donors (Lipinski definition) is 2.